The second-order valence-corrected chi connectivity index (χ2v) is 7.60. The van der Waals surface area contributed by atoms with Gasteiger partial charge in [-0.2, -0.15) is 0 Å². The summed E-state index contributed by atoms with van der Waals surface area (Å²) in [4.78, 5) is 26.1. The van der Waals surface area contributed by atoms with Gasteiger partial charge in [0.2, 0.25) is 0 Å². The Morgan fingerprint density at radius 2 is 1.86 bits per heavy atom. The van der Waals surface area contributed by atoms with E-state index >= 15 is 0 Å². The highest BCUT2D eigenvalue weighted by molar-refractivity contribution is 5.70. The Morgan fingerprint density at radius 1 is 1.14 bits per heavy atom. The molecule has 1 aromatic rings. The van der Waals surface area contributed by atoms with E-state index < -0.39 is 23.8 Å². The third kappa shape index (κ3) is 7.36. The summed E-state index contributed by atoms with van der Waals surface area (Å²) in [5.41, 5.74) is 0.301. The summed E-state index contributed by atoms with van der Waals surface area (Å²) in [6.07, 6.45) is -1.36. The molecule has 0 saturated carbocycles. The van der Waals surface area contributed by atoms with Crippen LogP contribution in [-0.2, 0) is 25.6 Å². The predicted octanol–water partition coefficient (Wildman–Crippen LogP) is 2.56. The Bertz CT molecular complexity index is 631. The van der Waals surface area contributed by atoms with E-state index in [0.29, 0.717) is 19.8 Å². The van der Waals surface area contributed by atoms with E-state index in [4.69, 9.17) is 18.9 Å². The Hall–Kier alpha value is -2.32. The molecule has 2 amide bonds. The fourth-order valence-corrected chi connectivity index (χ4v) is 2.78. The molecule has 1 aromatic carbocycles. The van der Waals surface area contributed by atoms with Gasteiger partial charge in [-0.25, -0.2) is 9.59 Å². The number of amides is 2. The van der Waals surface area contributed by atoms with Gasteiger partial charge in [0.1, 0.15) is 12.2 Å². The molecule has 1 aliphatic heterocycles. The number of benzene rings is 1. The topological polar surface area (TPSA) is 86.3 Å². The molecule has 1 aliphatic rings. The minimum Gasteiger partial charge on any atom is -0.445 e. The van der Waals surface area contributed by atoms with E-state index in [1.54, 1.807) is 27.9 Å². The first kappa shape index (κ1) is 22.0. The number of hydrogen-bond acceptors (Lipinski definition) is 6. The maximum Gasteiger partial charge on any atom is 0.410 e. The van der Waals surface area contributed by atoms with E-state index in [2.05, 4.69) is 5.32 Å². The number of methoxy groups -OCH3 is 1. The Kier molecular flexibility index (Phi) is 8.07. The van der Waals surface area contributed by atoms with Crippen LogP contribution in [0.25, 0.3) is 0 Å². The van der Waals surface area contributed by atoms with E-state index in [1.807, 2.05) is 30.3 Å². The Labute approximate surface area is 166 Å². The number of alkyl carbamates (subject to hydrolysis) is 1. The number of rotatable bonds is 7. The van der Waals surface area contributed by atoms with Crippen molar-refractivity contribution in [3.63, 3.8) is 0 Å². The van der Waals surface area contributed by atoms with Crippen molar-refractivity contribution < 1.29 is 28.5 Å². The summed E-state index contributed by atoms with van der Waals surface area (Å²) in [5.74, 6) is 0. The van der Waals surface area contributed by atoms with Crippen LogP contribution in [0.5, 0.6) is 0 Å². The molecular formula is C20H30N2O6. The van der Waals surface area contributed by atoms with Gasteiger partial charge in [-0.3, -0.25) is 0 Å². The Morgan fingerprint density at radius 3 is 2.50 bits per heavy atom. The van der Waals surface area contributed by atoms with Crippen molar-refractivity contribution in [3.8, 4) is 0 Å². The highest BCUT2D eigenvalue weighted by atomic mass is 16.6. The van der Waals surface area contributed by atoms with Crippen LogP contribution in [0.3, 0.4) is 0 Å². The van der Waals surface area contributed by atoms with Crippen molar-refractivity contribution >= 4 is 12.2 Å². The van der Waals surface area contributed by atoms with Crippen LogP contribution in [0.4, 0.5) is 9.59 Å². The SMILES string of the molecule is COCCO[C@H]1CN(C(=O)OCc2ccccc2)C[C@@H]1NC(=O)OC(C)(C)C. The summed E-state index contributed by atoms with van der Waals surface area (Å²) in [5, 5.41) is 2.79. The number of likely N-dealkylation sites (tertiary alicyclic amines) is 1. The minimum atomic E-state index is -0.608. The molecule has 156 valence electrons. The zero-order valence-electron chi connectivity index (χ0n) is 17.0. The molecule has 0 radical (unpaired) electrons. The summed E-state index contributed by atoms with van der Waals surface area (Å²) in [6, 6.07) is 9.07. The second-order valence-electron chi connectivity index (χ2n) is 7.60. The largest absolute Gasteiger partial charge is 0.445 e. The summed E-state index contributed by atoms with van der Waals surface area (Å²) in [6.45, 7) is 6.95. The lowest BCUT2D eigenvalue weighted by molar-refractivity contribution is 0.00629. The van der Waals surface area contributed by atoms with E-state index in [0.717, 1.165) is 5.56 Å². The van der Waals surface area contributed by atoms with Crippen LogP contribution in [-0.4, -0.2) is 68.2 Å². The molecule has 0 unspecified atom stereocenters. The van der Waals surface area contributed by atoms with E-state index in [9.17, 15) is 9.59 Å². The molecule has 0 aromatic heterocycles. The van der Waals surface area contributed by atoms with Gasteiger partial charge in [-0.15, -0.1) is 0 Å². The smallest absolute Gasteiger partial charge is 0.410 e. The van der Waals surface area contributed by atoms with Gasteiger partial charge in [0.05, 0.1) is 31.9 Å². The van der Waals surface area contributed by atoms with E-state index in [-0.39, 0.29) is 19.3 Å². The number of carbonyl (C=O) groups is 2. The molecule has 8 nitrogen and oxygen atoms in total. The van der Waals surface area contributed by atoms with Gasteiger partial charge < -0.3 is 29.2 Å². The average molecular weight is 394 g/mol. The predicted molar refractivity (Wildman–Crippen MR) is 103 cm³/mol. The molecule has 2 rings (SSSR count). The third-order valence-corrected chi connectivity index (χ3v) is 4.05. The van der Waals surface area contributed by atoms with Crippen molar-refractivity contribution in [2.75, 3.05) is 33.4 Å². The standard InChI is InChI=1S/C20H30N2O6/c1-20(2,3)28-18(23)21-16-12-22(13-17(16)26-11-10-25-4)19(24)27-14-15-8-6-5-7-9-15/h5-9,16-17H,10-14H2,1-4H3,(H,21,23)/t16-,17-/m0/s1. The zero-order chi connectivity index (χ0) is 20.6. The van der Waals surface area contributed by atoms with Gasteiger partial charge >= 0.3 is 12.2 Å². The van der Waals surface area contributed by atoms with Crippen LogP contribution < -0.4 is 5.32 Å². The number of ether oxygens (including phenoxy) is 4. The Balaban J connectivity index is 1.92. The van der Waals surface area contributed by atoms with Crippen LogP contribution in [0, 0.1) is 0 Å². The number of carbonyl (C=O) groups excluding carboxylic acids is 2. The number of nitrogens with zero attached hydrogens (tertiary/aromatic N) is 1. The molecular weight excluding hydrogens is 364 g/mol. The van der Waals surface area contributed by atoms with E-state index in [1.165, 1.54) is 4.90 Å². The highest BCUT2D eigenvalue weighted by Crippen LogP contribution is 2.17. The lowest BCUT2D eigenvalue weighted by Gasteiger charge is -2.24. The van der Waals surface area contributed by atoms with Gasteiger partial charge in [-0.05, 0) is 26.3 Å². The number of hydrogen-bond donors (Lipinski definition) is 1. The first-order valence-corrected chi connectivity index (χ1v) is 9.34. The van der Waals surface area contributed by atoms with Gasteiger partial charge in [0.15, 0.2) is 0 Å². The van der Waals surface area contributed by atoms with Crippen molar-refractivity contribution in [2.45, 2.75) is 45.1 Å². The average Bonchev–Trinajstić information content (AvgIpc) is 3.02. The quantitative estimate of drug-likeness (QED) is 0.716. The van der Waals surface area contributed by atoms with Gasteiger partial charge in [-0.1, -0.05) is 30.3 Å². The van der Waals surface area contributed by atoms with Crippen LogP contribution in [0.2, 0.25) is 0 Å². The lowest BCUT2D eigenvalue weighted by atomic mass is 10.2. The second kappa shape index (κ2) is 10.3. The fourth-order valence-electron chi connectivity index (χ4n) is 2.78. The molecule has 1 heterocycles. The fraction of sp³-hybridized carbons (Fsp3) is 0.600. The molecule has 0 spiro atoms. The van der Waals surface area contributed by atoms with Gasteiger partial charge in [0.25, 0.3) is 0 Å². The summed E-state index contributed by atoms with van der Waals surface area (Å²) < 4.78 is 21.5. The minimum absolute atomic E-state index is 0.190. The highest BCUT2D eigenvalue weighted by Gasteiger charge is 2.38. The zero-order valence-corrected chi connectivity index (χ0v) is 17.0. The van der Waals surface area contributed by atoms with Crippen molar-refractivity contribution in [1.29, 1.82) is 0 Å². The van der Waals surface area contributed by atoms with Crippen molar-refractivity contribution in [2.24, 2.45) is 0 Å². The molecule has 1 N–H and O–H groups in total. The van der Waals surface area contributed by atoms with Crippen LogP contribution in [0.15, 0.2) is 30.3 Å². The molecule has 0 aliphatic carbocycles. The normalized spacial score (nSPS) is 19.4. The molecule has 28 heavy (non-hydrogen) atoms. The first-order chi connectivity index (χ1) is 13.3. The van der Waals surface area contributed by atoms with Crippen LogP contribution in [0.1, 0.15) is 26.3 Å². The summed E-state index contributed by atoms with van der Waals surface area (Å²) >= 11 is 0. The molecule has 8 heteroatoms. The summed E-state index contributed by atoms with van der Waals surface area (Å²) in [7, 11) is 1.59. The molecule has 1 saturated heterocycles. The van der Waals surface area contributed by atoms with Gasteiger partial charge in [0, 0.05) is 13.7 Å². The maximum atomic E-state index is 12.4. The molecule has 0 bridgehead atoms. The monoisotopic (exact) mass is 394 g/mol. The lowest BCUT2D eigenvalue weighted by Crippen LogP contribution is -2.46. The van der Waals surface area contributed by atoms with Crippen LogP contribution >= 0.6 is 0 Å². The first-order valence-electron chi connectivity index (χ1n) is 9.34. The number of nitrogens with one attached hydrogen (secondary N) is 1. The molecule has 1 fully saturated rings. The maximum absolute atomic E-state index is 12.4. The van der Waals surface area contributed by atoms with Crippen molar-refractivity contribution in [3.05, 3.63) is 35.9 Å². The third-order valence-electron chi connectivity index (χ3n) is 4.05. The molecule has 2 atom stereocenters. The van der Waals surface area contributed by atoms with Crippen molar-refractivity contribution in [1.82, 2.24) is 10.2 Å².